The average Bonchev–Trinajstić information content (AvgIpc) is 2.76. The molecule has 0 atom stereocenters. The van der Waals surface area contributed by atoms with Crippen LogP contribution in [0.5, 0.6) is 0 Å². The van der Waals surface area contributed by atoms with E-state index in [4.69, 9.17) is 4.74 Å². The molecule has 4 nitrogen and oxygen atoms in total. The topological polar surface area (TPSA) is 54.1 Å². The number of nitrogens with one attached hydrogen (secondary N) is 2. The number of aromatic amines is 1. The highest BCUT2D eigenvalue weighted by Crippen LogP contribution is 2.15. The van der Waals surface area contributed by atoms with Gasteiger partial charge in [0.05, 0.1) is 12.5 Å². The molecule has 0 radical (unpaired) electrons. The Morgan fingerprint density at radius 3 is 2.88 bits per heavy atom. The van der Waals surface area contributed by atoms with E-state index < -0.39 is 5.41 Å². The molecule has 0 amide bonds. The van der Waals surface area contributed by atoms with Gasteiger partial charge in [-0.05, 0) is 32.4 Å². The van der Waals surface area contributed by atoms with Gasteiger partial charge in [-0.2, -0.15) is 0 Å². The van der Waals surface area contributed by atoms with Crippen LogP contribution < -0.4 is 5.32 Å². The van der Waals surface area contributed by atoms with Gasteiger partial charge in [0.15, 0.2) is 0 Å². The van der Waals surface area contributed by atoms with E-state index >= 15 is 0 Å². The van der Waals surface area contributed by atoms with Crippen molar-refractivity contribution in [2.24, 2.45) is 5.41 Å². The SMILES string of the molecule is COC(=O)C(C)(C)CNCCc1ccc[nH]1. The van der Waals surface area contributed by atoms with Crippen molar-refractivity contribution in [2.45, 2.75) is 20.3 Å². The van der Waals surface area contributed by atoms with Crippen molar-refractivity contribution >= 4 is 5.97 Å². The highest BCUT2D eigenvalue weighted by molar-refractivity contribution is 5.76. The van der Waals surface area contributed by atoms with Crippen molar-refractivity contribution in [3.05, 3.63) is 24.0 Å². The van der Waals surface area contributed by atoms with Crippen LogP contribution in [0.1, 0.15) is 19.5 Å². The number of carbonyl (C=O) groups excluding carboxylic acids is 1. The van der Waals surface area contributed by atoms with Crippen molar-refractivity contribution in [3.63, 3.8) is 0 Å². The number of rotatable bonds is 6. The summed E-state index contributed by atoms with van der Waals surface area (Å²) >= 11 is 0. The quantitative estimate of drug-likeness (QED) is 0.566. The summed E-state index contributed by atoms with van der Waals surface area (Å²) in [6.07, 6.45) is 2.85. The number of hydrogen-bond donors (Lipinski definition) is 2. The Bertz CT molecular complexity index is 318. The van der Waals surface area contributed by atoms with Crippen LogP contribution in [0.25, 0.3) is 0 Å². The van der Waals surface area contributed by atoms with Crippen LogP contribution in [0.3, 0.4) is 0 Å². The second-order valence-corrected chi connectivity index (χ2v) is 4.50. The molecule has 90 valence electrons. The van der Waals surface area contributed by atoms with E-state index in [0.29, 0.717) is 6.54 Å². The number of ether oxygens (including phenoxy) is 1. The predicted octanol–water partition coefficient (Wildman–Crippen LogP) is 1.35. The van der Waals surface area contributed by atoms with Crippen molar-refractivity contribution in [1.82, 2.24) is 10.3 Å². The molecule has 0 aliphatic heterocycles. The third kappa shape index (κ3) is 3.70. The maximum absolute atomic E-state index is 11.4. The number of H-pyrrole nitrogens is 1. The zero-order valence-electron chi connectivity index (χ0n) is 10.2. The summed E-state index contributed by atoms with van der Waals surface area (Å²) in [5.74, 6) is -0.181. The van der Waals surface area contributed by atoms with E-state index in [0.717, 1.165) is 13.0 Å². The van der Waals surface area contributed by atoms with Gasteiger partial charge in [0.25, 0.3) is 0 Å². The molecule has 16 heavy (non-hydrogen) atoms. The van der Waals surface area contributed by atoms with Crippen LogP contribution >= 0.6 is 0 Å². The lowest BCUT2D eigenvalue weighted by atomic mass is 9.94. The van der Waals surface area contributed by atoms with Gasteiger partial charge >= 0.3 is 5.97 Å². The highest BCUT2D eigenvalue weighted by Gasteiger charge is 2.27. The molecule has 0 unspecified atom stereocenters. The summed E-state index contributed by atoms with van der Waals surface area (Å²) in [7, 11) is 1.42. The maximum atomic E-state index is 11.4. The molecule has 1 aromatic rings. The Kier molecular flexibility index (Phi) is 4.55. The van der Waals surface area contributed by atoms with Crippen molar-refractivity contribution in [3.8, 4) is 0 Å². The van der Waals surface area contributed by atoms with Crippen LogP contribution in [0.4, 0.5) is 0 Å². The second kappa shape index (κ2) is 5.70. The molecular weight excluding hydrogens is 204 g/mol. The van der Waals surface area contributed by atoms with Crippen LogP contribution in [0.15, 0.2) is 18.3 Å². The largest absolute Gasteiger partial charge is 0.469 e. The summed E-state index contributed by atoms with van der Waals surface area (Å²) in [4.78, 5) is 14.5. The lowest BCUT2D eigenvalue weighted by Crippen LogP contribution is -2.37. The van der Waals surface area contributed by atoms with E-state index in [9.17, 15) is 4.79 Å². The number of hydrogen-bond acceptors (Lipinski definition) is 3. The summed E-state index contributed by atoms with van der Waals surface area (Å²) < 4.78 is 4.73. The average molecular weight is 224 g/mol. The third-order valence-electron chi connectivity index (χ3n) is 2.54. The van der Waals surface area contributed by atoms with Gasteiger partial charge in [0.1, 0.15) is 0 Å². The Labute approximate surface area is 96.4 Å². The summed E-state index contributed by atoms with van der Waals surface area (Å²) in [5, 5.41) is 3.26. The first-order valence-corrected chi connectivity index (χ1v) is 5.47. The van der Waals surface area contributed by atoms with E-state index in [-0.39, 0.29) is 5.97 Å². The zero-order valence-corrected chi connectivity index (χ0v) is 10.2. The van der Waals surface area contributed by atoms with Gasteiger partial charge in [0.2, 0.25) is 0 Å². The fourth-order valence-corrected chi connectivity index (χ4v) is 1.50. The highest BCUT2D eigenvalue weighted by atomic mass is 16.5. The van der Waals surface area contributed by atoms with Crippen molar-refractivity contribution in [1.29, 1.82) is 0 Å². The number of esters is 1. The van der Waals surface area contributed by atoms with Gasteiger partial charge in [-0.25, -0.2) is 0 Å². The van der Waals surface area contributed by atoms with Crippen LogP contribution in [-0.2, 0) is 16.0 Å². The zero-order chi connectivity index (χ0) is 12.0. The van der Waals surface area contributed by atoms with E-state index in [1.54, 1.807) is 0 Å². The summed E-state index contributed by atoms with van der Waals surface area (Å²) in [6.45, 7) is 5.22. The normalized spacial score (nSPS) is 11.4. The summed E-state index contributed by atoms with van der Waals surface area (Å²) in [5.41, 5.74) is 0.730. The van der Waals surface area contributed by atoms with Crippen LogP contribution in [-0.4, -0.2) is 31.2 Å². The fraction of sp³-hybridized carbons (Fsp3) is 0.583. The monoisotopic (exact) mass is 224 g/mol. The molecule has 1 heterocycles. The molecule has 2 N–H and O–H groups in total. The Hall–Kier alpha value is -1.29. The maximum Gasteiger partial charge on any atom is 0.312 e. The Morgan fingerprint density at radius 1 is 1.56 bits per heavy atom. The van der Waals surface area contributed by atoms with E-state index in [2.05, 4.69) is 10.3 Å². The lowest BCUT2D eigenvalue weighted by molar-refractivity contribution is -0.150. The summed E-state index contributed by atoms with van der Waals surface area (Å²) in [6, 6.07) is 4.03. The Balaban J connectivity index is 2.22. The molecule has 0 fully saturated rings. The van der Waals surface area contributed by atoms with Crippen LogP contribution in [0, 0.1) is 5.41 Å². The molecule has 0 saturated heterocycles. The molecule has 0 aliphatic rings. The van der Waals surface area contributed by atoms with Gasteiger partial charge in [-0.1, -0.05) is 0 Å². The number of methoxy groups -OCH3 is 1. The molecule has 0 aliphatic carbocycles. The molecule has 0 spiro atoms. The van der Waals surface area contributed by atoms with Gasteiger partial charge in [0, 0.05) is 25.0 Å². The standard InChI is InChI=1S/C12H20N2O2/c1-12(2,11(15)16-3)9-13-8-6-10-5-4-7-14-10/h4-5,7,13-14H,6,8-9H2,1-3H3. The third-order valence-corrected chi connectivity index (χ3v) is 2.54. The minimum absolute atomic E-state index is 0.181. The Morgan fingerprint density at radius 2 is 2.31 bits per heavy atom. The minimum atomic E-state index is -0.468. The molecule has 0 saturated carbocycles. The molecular formula is C12H20N2O2. The predicted molar refractivity (Wildman–Crippen MR) is 63.2 cm³/mol. The van der Waals surface area contributed by atoms with Gasteiger partial charge < -0.3 is 15.0 Å². The van der Waals surface area contributed by atoms with Crippen LogP contribution in [0.2, 0.25) is 0 Å². The van der Waals surface area contributed by atoms with Gasteiger partial charge in [-0.3, -0.25) is 4.79 Å². The van der Waals surface area contributed by atoms with Crippen molar-refractivity contribution in [2.75, 3.05) is 20.2 Å². The molecule has 0 aromatic carbocycles. The molecule has 1 rings (SSSR count). The minimum Gasteiger partial charge on any atom is -0.469 e. The first-order chi connectivity index (χ1) is 7.56. The smallest absolute Gasteiger partial charge is 0.312 e. The number of carbonyl (C=O) groups is 1. The molecule has 4 heteroatoms. The van der Waals surface area contributed by atoms with E-state index in [1.807, 2.05) is 32.2 Å². The molecule has 1 aromatic heterocycles. The van der Waals surface area contributed by atoms with Gasteiger partial charge in [-0.15, -0.1) is 0 Å². The molecule has 0 bridgehead atoms. The first-order valence-electron chi connectivity index (χ1n) is 5.47. The fourth-order valence-electron chi connectivity index (χ4n) is 1.50. The lowest BCUT2D eigenvalue weighted by Gasteiger charge is -2.21. The first kappa shape index (κ1) is 12.8. The van der Waals surface area contributed by atoms with E-state index in [1.165, 1.54) is 12.8 Å². The second-order valence-electron chi connectivity index (χ2n) is 4.50. The van der Waals surface area contributed by atoms with Crippen molar-refractivity contribution < 1.29 is 9.53 Å². The number of aromatic nitrogens is 1.